The van der Waals surface area contributed by atoms with Crippen molar-refractivity contribution in [2.75, 3.05) is 5.32 Å². The molecule has 0 unspecified atom stereocenters. The third kappa shape index (κ3) is 6.24. The van der Waals surface area contributed by atoms with Crippen molar-refractivity contribution in [2.45, 2.75) is 13.2 Å². The molecule has 10 heteroatoms. The van der Waals surface area contributed by atoms with E-state index in [0.717, 1.165) is 42.5 Å². The highest BCUT2D eigenvalue weighted by atomic mass is 19.3. The molecule has 0 spiro atoms. The summed E-state index contributed by atoms with van der Waals surface area (Å²) in [5, 5.41) is 2.13. The summed E-state index contributed by atoms with van der Waals surface area (Å²) in [6.07, 6.45) is 1.91. The van der Waals surface area contributed by atoms with Gasteiger partial charge in [0.15, 0.2) is 0 Å². The zero-order valence-corrected chi connectivity index (χ0v) is 13.3. The lowest BCUT2D eigenvalue weighted by molar-refractivity contribution is -0.111. The molecule has 0 fully saturated rings. The van der Waals surface area contributed by atoms with E-state index in [2.05, 4.69) is 14.8 Å². The van der Waals surface area contributed by atoms with Gasteiger partial charge in [-0.15, -0.1) is 0 Å². The van der Waals surface area contributed by atoms with Gasteiger partial charge < -0.3 is 14.8 Å². The SMILES string of the molecule is O=C(/C=C/c1ccc(OC(F)F)cc1OC(F)F)Nc1ccc(F)cc1F. The van der Waals surface area contributed by atoms with Crippen LogP contribution in [0.3, 0.4) is 0 Å². The van der Waals surface area contributed by atoms with Crippen molar-refractivity contribution in [1.29, 1.82) is 0 Å². The molecule has 144 valence electrons. The largest absolute Gasteiger partial charge is 0.435 e. The van der Waals surface area contributed by atoms with E-state index in [-0.39, 0.29) is 11.3 Å². The van der Waals surface area contributed by atoms with Gasteiger partial charge in [-0.2, -0.15) is 17.6 Å². The molecular formula is C17H11F6NO3. The Kier molecular flexibility index (Phi) is 6.69. The van der Waals surface area contributed by atoms with Crippen molar-refractivity contribution in [2.24, 2.45) is 0 Å². The number of amides is 1. The fourth-order valence-electron chi connectivity index (χ4n) is 1.96. The molecule has 0 aromatic heterocycles. The van der Waals surface area contributed by atoms with Gasteiger partial charge in [0.1, 0.15) is 23.1 Å². The molecule has 0 aliphatic rings. The average Bonchev–Trinajstić information content (AvgIpc) is 2.55. The monoisotopic (exact) mass is 391 g/mol. The molecule has 1 N–H and O–H groups in total. The smallest absolute Gasteiger partial charge is 0.387 e. The van der Waals surface area contributed by atoms with Crippen molar-refractivity contribution in [3.05, 3.63) is 59.7 Å². The first-order chi connectivity index (χ1) is 12.7. The number of halogens is 6. The molecule has 0 aliphatic heterocycles. The normalized spacial score (nSPS) is 11.3. The summed E-state index contributed by atoms with van der Waals surface area (Å²) in [7, 11) is 0. The Hall–Kier alpha value is -3.17. The molecule has 0 bridgehead atoms. The first-order valence-electron chi connectivity index (χ1n) is 7.22. The molecular weight excluding hydrogens is 380 g/mol. The van der Waals surface area contributed by atoms with Gasteiger partial charge in [-0.3, -0.25) is 4.79 Å². The number of nitrogens with one attached hydrogen (secondary N) is 1. The minimum Gasteiger partial charge on any atom is -0.435 e. The predicted molar refractivity (Wildman–Crippen MR) is 83.7 cm³/mol. The van der Waals surface area contributed by atoms with E-state index in [1.807, 2.05) is 0 Å². The number of hydrogen-bond acceptors (Lipinski definition) is 3. The highest BCUT2D eigenvalue weighted by molar-refractivity contribution is 6.02. The first kappa shape index (κ1) is 20.1. The van der Waals surface area contributed by atoms with Gasteiger partial charge in [-0.05, 0) is 30.3 Å². The van der Waals surface area contributed by atoms with Crippen molar-refractivity contribution in [1.82, 2.24) is 0 Å². The second kappa shape index (κ2) is 8.97. The van der Waals surface area contributed by atoms with E-state index in [1.54, 1.807) is 0 Å². The number of benzene rings is 2. The summed E-state index contributed by atoms with van der Waals surface area (Å²) in [4.78, 5) is 11.8. The third-order valence-electron chi connectivity index (χ3n) is 3.03. The number of anilines is 1. The maximum absolute atomic E-state index is 13.5. The van der Waals surface area contributed by atoms with Gasteiger partial charge in [0.2, 0.25) is 5.91 Å². The molecule has 4 nitrogen and oxygen atoms in total. The van der Waals surface area contributed by atoms with E-state index in [9.17, 15) is 31.1 Å². The second-order valence-electron chi connectivity index (χ2n) is 4.90. The van der Waals surface area contributed by atoms with Crippen molar-refractivity contribution in [3.8, 4) is 11.5 Å². The molecule has 2 rings (SSSR count). The van der Waals surface area contributed by atoms with Crippen LogP contribution in [0.5, 0.6) is 11.5 Å². The topological polar surface area (TPSA) is 47.6 Å². The van der Waals surface area contributed by atoms with E-state index in [0.29, 0.717) is 6.07 Å². The van der Waals surface area contributed by atoms with Crippen LogP contribution >= 0.6 is 0 Å². The first-order valence-corrected chi connectivity index (χ1v) is 7.22. The molecule has 0 aliphatic carbocycles. The summed E-state index contributed by atoms with van der Waals surface area (Å²) in [5.41, 5.74) is -0.345. The molecule has 2 aromatic rings. The number of carbonyl (C=O) groups excluding carboxylic acids is 1. The maximum Gasteiger partial charge on any atom is 0.387 e. The van der Waals surface area contributed by atoms with Gasteiger partial charge in [0, 0.05) is 23.8 Å². The molecule has 2 aromatic carbocycles. The van der Waals surface area contributed by atoms with E-state index >= 15 is 0 Å². The van der Waals surface area contributed by atoms with Crippen molar-refractivity contribution >= 4 is 17.7 Å². The van der Waals surface area contributed by atoms with Crippen LogP contribution in [0.15, 0.2) is 42.5 Å². The zero-order valence-electron chi connectivity index (χ0n) is 13.3. The Labute approximate surface area is 149 Å². The van der Waals surface area contributed by atoms with Crippen LogP contribution in [-0.4, -0.2) is 19.1 Å². The van der Waals surface area contributed by atoms with E-state index in [4.69, 9.17) is 0 Å². The highest BCUT2D eigenvalue weighted by Crippen LogP contribution is 2.28. The van der Waals surface area contributed by atoms with Crippen LogP contribution in [0.4, 0.5) is 32.0 Å². The van der Waals surface area contributed by atoms with Gasteiger partial charge in [-0.1, -0.05) is 0 Å². The standard InChI is InChI=1S/C17H11F6NO3/c18-10-3-5-13(12(19)7-10)24-15(25)6-2-9-1-4-11(26-16(20)21)8-14(9)27-17(22)23/h1-8,16-17H,(H,24,25)/b6-2+. The van der Waals surface area contributed by atoms with Gasteiger partial charge in [0.25, 0.3) is 0 Å². The number of ether oxygens (including phenoxy) is 2. The molecule has 0 saturated heterocycles. The fourth-order valence-corrected chi connectivity index (χ4v) is 1.96. The number of carbonyl (C=O) groups is 1. The van der Waals surface area contributed by atoms with Crippen LogP contribution in [-0.2, 0) is 4.79 Å². The Bertz CT molecular complexity index is 841. The zero-order chi connectivity index (χ0) is 20.0. The van der Waals surface area contributed by atoms with Crippen molar-refractivity contribution in [3.63, 3.8) is 0 Å². The Morgan fingerprint density at radius 2 is 1.67 bits per heavy atom. The summed E-state index contributed by atoms with van der Waals surface area (Å²) in [5.74, 6) is -3.62. The summed E-state index contributed by atoms with van der Waals surface area (Å²) >= 11 is 0. The Morgan fingerprint density at radius 3 is 2.30 bits per heavy atom. The molecule has 0 atom stereocenters. The van der Waals surface area contributed by atoms with Crippen molar-refractivity contribution < 1.29 is 40.6 Å². The quantitative estimate of drug-likeness (QED) is 0.544. The van der Waals surface area contributed by atoms with Gasteiger partial charge in [0.05, 0.1) is 5.69 Å². The number of alkyl halides is 4. The summed E-state index contributed by atoms with van der Waals surface area (Å²) in [6.45, 7) is -6.41. The van der Waals surface area contributed by atoms with E-state index in [1.165, 1.54) is 0 Å². The molecule has 0 heterocycles. The van der Waals surface area contributed by atoms with Crippen LogP contribution in [0.2, 0.25) is 0 Å². The van der Waals surface area contributed by atoms with Crippen LogP contribution in [0.25, 0.3) is 6.08 Å². The molecule has 27 heavy (non-hydrogen) atoms. The lowest BCUT2D eigenvalue weighted by atomic mass is 10.1. The highest BCUT2D eigenvalue weighted by Gasteiger charge is 2.13. The lowest BCUT2D eigenvalue weighted by Crippen LogP contribution is -2.09. The maximum atomic E-state index is 13.5. The predicted octanol–water partition coefficient (Wildman–Crippen LogP) is 4.82. The lowest BCUT2D eigenvalue weighted by Gasteiger charge is -2.11. The Morgan fingerprint density at radius 1 is 0.963 bits per heavy atom. The van der Waals surface area contributed by atoms with Gasteiger partial charge >= 0.3 is 13.2 Å². The Balaban J connectivity index is 2.17. The number of hydrogen-bond donors (Lipinski definition) is 1. The summed E-state index contributed by atoms with van der Waals surface area (Å²) < 4.78 is 83.9. The molecule has 0 saturated carbocycles. The average molecular weight is 391 g/mol. The number of rotatable bonds is 7. The third-order valence-corrected chi connectivity index (χ3v) is 3.03. The van der Waals surface area contributed by atoms with Crippen LogP contribution < -0.4 is 14.8 Å². The van der Waals surface area contributed by atoms with Crippen LogP contribution in [0, 0.1) is 11.6 Å². The summed E-state index contributed by atoms with van der Waals surface area (Å²) in [6, 6.07) is 5.46. The van der Waals surface area contributed by atoms with Gasteiger partial charge in [-0.25, -0.2) is 8.78 Å². The minimum absolute atomic E-state index is 0.0494. The molecule has 1 amide bonds. The minimum atomic E-state index is -3.25. The fraction of sp³-hybridized carbons (Fsp3) is 0.118. The molecule has 0 radical (unpaired) electrons. The van der Waals surface area contributed by atoms with Crippen LogP contribution in [0.1, 0.15) is 5.56 Å². The second-order valence-corrected chi connectivity index (χ2v) is 4.90. The van der Waals surface area contributed by atoms with E-state index < -0.39 is 42.3 Å².